The number of aromatic nitrogens is 1. The molecular formula is C9H13NO. The van der Waals surface area contributed by atoms with Crippen molar-refractivity contribution in [3.05, 3.63) is 34.2 Å². The van der Waals surface area contributed by atoms with E-state index in [1.807, 2.05) is 25.3 Å². The van der Waals surface area contributed by atoms with E-state index in [0.717, 1.165) is 18.5 Å². The Hall–Kier alpha value is -1.05. The van der Waals surface area contributed by atoms with Crippen molar-refractivity contribution < 1.29 is 0 Å². The Morgan fingerprint density at radius 2 is 2.27 bits per heavy atom. The second kappa shape index (κ2) is 3.37. The lowest BCUT2D eigenvalue weighted by Gasteiger charge is -2.02. The molecule has 0 saturated carbocycles. The lowest BCUT2D eigenvalue weighted by atomic mass is 10.3. The summed E-state index contributed by atoms with van der Waals surface area (Å²) in [7, 11) is 0. The van der Waals surface area contributed by atoms with Gasteiger partial charge in [-0.3, -0.25) is 4.79 Å². The standard InChI is InChI=1S/C9H13NO/c1-3-6-10-7-4-5-8(2)9(10)11/h4-5,7H,3,6H2,1-2H3. The van der Waals surface area contributed by atoms with Crippen molar-refractivity contribution in [2.45, 2.75) is 26.8 Å². The van der Waals surface area contributed by atoms with Gasteiger partial charge in [0.25, 0.3) is 5.56 Å². The quantitative estimate of drug-likeness (QED) is 0.628. The molecule has 1 aromatic rings. The van der Waals surface area contributed by atoms with E-state index in [1.54, 1.807) is 4.57 Å². The number of nitrogens with zero attached hydrogens (tertiary/aromatic N) is 1. The van der Waals surface area contributed by atoms with Gasteiger partial charge in [0.1, 0.15) is 0 Å². The first-order chi connectivity index (χ1) is 5.25. The van der Waals surface area contributed by atoms with Crippen LogP contribution in [0.15, 0.2) is 23.1 Å². The van der Waals surface area contributed by atoms with Gasteiger partial charge in [0.05, 0.1) is 0 Å². The lowest BCUT2D eigenvalue weighted by Crippen LogP contribution is -2.20. The van der Waals surface area contributed by atoms with Crippen molar-refractivity contribution in [2.24, 2.45) is 0 Å². The Morgan fingerprint density at radius 3 is 2.91 bits per heavy atom. The third-order valence-electron chi connectivity index (χ3n) is 1.67. The molecule has 0 unspecified atom stereocenters. The molecule has 0 aliphatic carbocycles. The largest absolute Gasteiger partial charge is 0.315 e. The first-order valence-corrected chi connectivity index (χ1v) is 3.91. The van der Waals surface area contributed by atoms with Crippen molar-refractivity contribution in [1.29, 1.82) is 0 Å². The maximum Gasteiger partial charge on any atom is 0.253 e. The molecule has 0 aliphatic rings. The highest BCUT2D eigenvalue weighted by Crippen LogP contribution is 1.90. The molecule has 11 heavy (non-hydrogen) atoms. The van der Waals surface area contributed by atoms with Crippen LogP contribution in [0.5, 0.6) is 0 Å². The fourth-order valence-corrected chi connectivity index (χ4v) is 1.07. The molecular weight excluding hydrogens is 138 g/mol. The van der Waals surface area contributed by atoms with E-state index in [4.69, 9.17) is 0 Å². The summed E-state index contributed by atoms with van der Waals surface area (Å²) in [5.41, 5.74) is 0.954. The lowest BCUT2D eigenvalue weighted by molar-refractivity contribution is 0.650. The minimum atomic E-state index is 0.134. The van der Waals surface area contributed by atoms with Crippen molar-refractivity contribution >= 4 is 0 Å². The van der Waals surface area contributed by atoms with Crippen LogP contribution in [-0.2, 0) is 6.54 Å². The van der Waals surface area contributed by atoms with Crippen LogP contribution in [-0.4, -0.2) is 4.57 Å². The Balaban J connectivity index is 3.07. The number of aryl methyl sites for hydroxylation is 2. The van der Waals surface area contributed by atoms with Crippen molar-refractivity contribution in [3.63, 3.8) is 0 Å². The molecule has 2 heteroatoms. The molecule has 1 aromatic heterocycles. The number of hydrogen-bond acceptors (Lipinski definition) is 1. The smallest absolute Gasteiger partial charge is 0.253 e. The van der Waals surface area contributed by atoms with Gasteiger partial charge in [-0.15, -0.1) is 0 Å². The van der Waals surface area contributed by atoms with Gasteiger partial charge >= 0.3 is 0 Å². The maximum absolute atomic E-state index is 11.3. The molecule has 0 aromatic carbocycles. The van der Waals surface area contributed by atoms with Crippen molar-refractivity contribution in [2.75, 3.05) is 0 Å². The molecule has 0 spiro atoms. The Labute approximate surface area is 66.5 Å². The summed E-state index contributed by atoms with van der Waals surface area (Å²) in [6, 6.07) is 3.75. The highest BCUT2D eigenvalue weighted by atomic mass is 16.1. The molecule has 0 radical (unpaired) electrons. The zero-order valence-electron chi connectivity index (χ0n) is 7.00. The highest BCUT2D eigenvalue weighted by Gasteiger charge is 1.94. The van der Waals surface area contributed by atoms with Gasteiger partial charge in [-0.2, -0.15) is 0 Å². The Bertz CT molecular complexity index is 288. The molecule has 0 atom stereocenters. The molecule has 0 amide bonds. The molecule has 0 N–H and O–H groups in total. The van der Waals surface area contributed by atoms with Crippen LogP contribution < -0.4 is 5.56 Å². The second-order valence-corrected chi connectivity index (χ2v) is 2.69. The monoisotopic (exact) mass is 151 g/mol. The Morgan fingerprint density at radius 1 is 1.55 bits per heavy atom. The van der Waals surface area contributed by atoms with Gasteiger partial charge in [-0.25, -0.2) is 0 Å². The molecule has 2 nitrogen and oxygen atoms in total. The average Bonchev–Trinajstić information content (AvgIpc) is 1.99. The predicted molar refractivity (Wildman–Crippen MR) is 45.7 cm³/mol. The van der Waals surface area contributed by atoms with Gasteiger partial charge in [0, 0.05) is 18.3 Å². The zero-order valence-corrected chi connectivity index (χ0v) is 7.00. The van der Waals surface area contributed by atoms with Gasteiger partial charge < -0.3 is 4.57 Å². The zero-order chi connectivity index (χ0) is 8.27. The van der Waals surface area contributed by atoms with Gasteiger partial charge in [-0.1, -0.05) is 13.0 Å². The van der Waals surface area contributed by atoms with Crippen molar-refractivity contribution in [3.8, 4) is 0 Å². The van der Waals surface area contributed by atoms with E-state index in [1.165, 1.54) is 0 Å². The normalized spacial score (nSPS) is 10.0. The van der Waals surface area contributed by atoms with Crippen LogP contribution in [0, 0.1) is 6.92 Å². The number of hydrogen-bond donors (Lipinski definition) is 0. The van der Waals surface area contributed by atoms with Crippen LogP contribution in [0.2, 0.25) is 0 Å². The van der Waals surface area contributed by atoms with Gasteiger partial charge in [0.2, 0.25) is 0 Å². The summed E-state index contributed by atoms with van der Waals surface area (Å²) in [6.45, 7) is 4.73. The van der Waals surface area contributed by atoms with Crippen molar-refractivity contribution in [1.82, 2.24) is 4.57 Å². The third kappa shape index (κ3) is 1.70. The maximum atomic E-state index is 11.3. The summed E-state index contributed by atoms with van der Waals surface area (Å²) < 4.78 is 1.75. The molecule has 0 saturated heterocycles. The van der Waals surface area contributed by atoms with Gasteiger partial charge in [0.15, 0.2) is 0 Å². The van der Waals surface area contributed by atoms with E-state index in [2.05, 4.69) is 6.92 Å². The Kier molecular flexibility index (Phi) is 2.47. The summed E-state index contributed by atoms with van der Waals surface area (Å²) in [5.74, 6) is 0. The molecule has 0 bridgehead atoms. The topological polar surface area (TPSA) is 22.0 Å². The molecule has 1 heterocycles. The van der Waals surface area contributed by atoms with Crippen LogP contribution >= 0.6 is 0 Å². The minimum Gasteiger partial charge on any atom is -0.315 e. The van der Waals surface area contributed by atoms with Crippen LogP contribution in [0.1, 0.15) is 18.9 Å². The van der Waals surface area contributed by atoms with E-state index in [-0.39, 0.29) is 5.56 Å². The first kappa shape index (κ1) is 8.05. The highest BCUT2D eigenvalue weighted by molar-refractivity contribution is 5.07. The summed E-state index contributed by atoms with van der Waals surface area (Å²) in [4.78, 5) is 11.3. The summed E-state index contributed by atoms with van der Waals surface area (Å²) >= 11 is 0. The number of rotatable bonds is 2. The fraction of sp³-hybridized carbons (Fsp3) is 0.444. The van der Waals surface area contributed by atoms with E-state index < -0.39 is 0 Å². The summed E-state index contributed by atoms with van der Waals surface area (Å²) in [5, 5.41) is 0. The van der Waals surface area contributed by atoms with E-state index >= 15 is 0 Å². The number of pyridine rings is 1. The van der Waals surface area contributed by atoms with Gasteiger partial charge in [-0.05, 0) is 19.4 Å². The first-order valence-electron chi connectivity index (χ1n) is 3.91. The van der Waals surface area contributed by atoms with Crippen LogP contribution in [0.3, 0.4) is 0 Å². The minimum absolute atomic E-state index is 0.134. The third-order valence-corrected chi connectivity index (χ3v) is 1.67. The molecule has 0 fully saturated rings. The molecule has 0 aliphatic heterocycles. The van der Waals surface area contributed by atoms with Crippen LogP contribution in [0.25, 0.3) is 0 Å². The molecule has 60 valence electrons. The summed E-state index contributed by atoms with van der Waals surface area (Å²) in [6.07, 6.45) is 2.84. The molecule has 1 rings (SSSR count). The SMILES string of the molecule is CCCn1cccc(C)c1=O. The van der Waals surface area contributed by atoms with E-state index in [0.29, 0.717) is 0 Å². The average molecular weight is 151 g/mol. The van der Waals surface area contributed by atoms with E-state index in [9.17, 15) is 4.79 Å². The fourth-order valence-electron chi connectivity index (χ4n) is 1.07. The second-order valence-electron chi connectivity index (χ2n) is 2.69. The van der Waals surface area contributed by atoms with Crippen LogP contribution in [0.4, 0.5) is 0 Å². The predicted octanol–water partition coefficient (Wildman–Crippen LogP) is 1.57.